The van der Waals surface area contributed by atoms with Crippen molar-refractivity contribution in [2.24, 2.45) is 11.5 Å². The average molecular weight is 235 g/mol. The molecule has 0 aliphatic heterocycles. The summed E-state index contributed by atoms with van der Waals surface area (Å²) in [6.07, 6.45) is 1.01. The SMILES string of the molecule is Cc1ccc(C(N)=O)cc1NC(=O)CCCN. The third kappa shape index (κ3) is 3.88. The Hall–Kier alpha value is -1.88. The Kier molecular flexibility index (Phi) is 4.66. The predicted molar refractivity (Wildman–Crippen MR) is 66.6 cm³/mol. The van der Waals surface area contributed by atoms with Crippen LogP contribution in [0.5, 0.6) is 0 Å². The van der Waals surface area contributed by atoms with E-state index in [4.69, 9.17) is 11.5 Å². The Morgan fingerprint density at radius 2 is 2.06 bits per heavy atom. The molecule has 1 aromatic rings. The van der Waals surface area contributed by atoms with Gasteiger partial charge in [-0.1, -0.05) is 6.07 Å². The highest BCUT2D eigenvalue weighted by Crippen LogP contribution is 2.17. The highest BCUT2D eigenvalue weighted by molar-refractivity contribution is 5.96. The van der Waals surface area contributed by atoms with E-state index in [1.807, 2.05) is 6.92 Å². The minimum atomic E-state index is -0.512. The quantitative estimate of drug-likeness (QED) is 0.703. The summed E-state index contributed by atoms with van der Waals surface area (Å²) in [6.45, 7) is 2.33. The molecule has 0 spiro atoms. The van der Waals surface area contributed by atoms with Gasteiger partial charge in [0.25, 0.3) is 0 Å². The van der Waals surface area contributed by atoms with Gasteiger partial charge in [0.05, 0.1) is 0 Å². The van der Waals surface area contributed by atoms with Gasteiger partial charge in [0.15, 0.2) is 0 Å². The molecule has 1 aromatic carbocycles. The van der Waals surface area contributed by atoms with Crippen LogP contribution in [0.1, 0.15) is 28.8 Å². The van der Waals surface area contributed by atoms with Gasteiger partial charge >= 0.3 is 0 Å². The maximum Gasteiger partial charge on any atom is 0.248 e. The van der Waals surface area contributed by atoms with Crippen molar-refractivity contribution in [1.82, 2.24) is 0 Å². The van der Waals surface area contributed by atoms with E-state index in [9.17, 15) is 9.59 Å². The van der Waals surface area contributed by atoms with E-state index in [1.54, 1.807) is 18.2 Å². The largest absolute Gasteiger partial charge is 0.366 e. The van der Waals surface area contributed by atoms with E-state index in [0.29, 0.717) is 30.6 Å². The third-order valence-corrected chi connectivity index (χ3v) is 2.40. The summed E-state index contributed by atoms with van der Waals surface area (Å²) in [6, 6.07) is 4.96. The van der Waals surface area contributed by atoms with Gasteiger partial charge in [-0.25, -0.2) is 0 Å². The van der Waals surface area contributed by atoms with Crippen molar-refractivity contribution < 1.29 is 9.59 Å². The lowest BCUT2D eigenvalue weighted by atomic mass is 10.1. The van der Waals surface area contributed by atoms with Crippen molar-refractivity contribution in [1.29, 1.82) is 0 Å². The number of aryl methyl sites for hydroxylation is 1. The molecule has 0 aliphatic rings. The minimum Gasteiger partial charge on any atom is -0.366 e. The molecule has 0 saturated heterocycles. The van der Waals surface area contributed by atoms with Crippen LogP contribution >= 0.6 is 0 Å². The van der Waals surface area contributed by atoms with E-state index >= 15 is 0 Å². The molecule has 1 rings (SSSR count). The second-order valence-corrected chi connectivity index (χ2v) is 3.83. The lowest BCUT2D eigenvalue weighted by Gasteiger charge is -2.09. The Morgan fingerprint density at radius 3 is 2.65 bits per heavy atom. The molecule has 0 saturated carbocycles. The van der Waals surface area contributed by atoms with Gasteiger partial charge in [0.2, 0.25) is 11.8 Å². The Morgan fingerprint density at radius 1 is 1.35 bits per heavy atom. The first-order valence-corrected chi connectivity index (χ1v) is 5.45. The number of amides is 2. The highest BCUT2D eigenvalue weighted by atomic mass is 16.2. The fraction of sp³-hybridized carbons (Fsp3) is 0.333. The topological polar surface area (TPSA) is 98.2 Å². The summed E-state index contributed by atoms with van der Waals surface area (Å²) < 4.78 is 0. The second kappa shape index (κ2) is 6.00. The molecule has 5 nitrogen and oxygen atoms in total. The van der Waals surface area contributed by atoms with Crippen molar-refractivity contribution in [3.8, 4) is 0 Å². The molecule has 0 fully saturated rings. The number of hydrogen-bond donors (Lipinski definition) is 3. The van der Waals surface area contributed by atoms with E-state index in [1.165, 1.54) is 0 Å². The molecule has 5 heteroatoms. The Bertz CT molecular complexity index is 430. The third-order valence-electron chi connectivity index (χ3n) is 2.40. The lowest BCUT2D eigenvalue weighted by Crippen LogP contribution is -2.16. The zero-order valence-corrected chi connectivity index (χ0v) is 9.82. The number of carbonyl (C=O) groups is 2. The molecule has 0 unspecified atom stereocenters. The molecule has 5 N–H and O–H groups in total. The number of nitrogens with one attached hydrogen (secondary N) is 1. The first-order chi connectivity index (χ1) is 8.04. The fourth-order valence-corrected chi connectivity index (χ4v) is 1.39. The molecule has 0 radical (unpaired) electrons. The van der Waals surface area contributed by atoms with Crippen molar-refractivity contribution in [2.45, 2.75) is 19.8 Å². The van der Waals surface area contributed by atoms with Crippen LogP contribution in [0.25, 0.3) is 0 Å². The van der Waals surface area contributed by atoms with Crippen LogP contribution in [0.15, 0.2) is 18.2 Å². The summed E-state index contributed by atoms with van der Waals surface area (Å²) in [5.41, 5.74) is 12.4. The molecular weight excluding hydrogens is 218 g/mol. The maximum absolute atomic E-state index is 11.5. The fourth-order valence-electron chi connectivity index (χ4n) is 1.39. The van der Waals surface area contributed by atoms with Gasteiger partial charge in [0, 0.05) is 17.7 Å². The van der Waals surface area contributed by atoms with Crippen molar-refractivity contribution in [3.63, 3.8) is 0 Å². The molecule has 0 bridgehead atoms. The summed E-state index contributed by atoms with van der Waals surface area (Å²) >= 11 is 0. The smallest absolute Gasteiger partial charge is 0.248 e. The number of primary amides is 1. The van der Waals surface area contributed by atoms with Crippen molar-refractivity contribution in [2.75, 3.05) is 11.9 Å². The van der Waals surface area contributed by atoms with Gasteiger partial charge in [-0.2, -0.15) is 0 Å². The summed E-state index contributed by atoms with van der Waals surface area (Å²) in [7, 11) is 0. The minimum absolute atomic E-state index is 0.111. The number of hydrogen-bond acceptors (Lipinski definition) is 3. The van der Waals surface area contributed by atoms with Crippen LogP contribution in [0.3, 0.4) is 0 Å². The lowest BCUT2D eigenvalue weighted by molar-refractivity contribution is -0.116. The van der Waals surface area contributed by atoms with Gasteiger partial charge in [-0.3, -0.25) is 9.59 Å². The van der Waals surface area contributed by atoms with Crippen LogP contribution in [-0.4, -0.2) is 18.4 Å². The van der Waals surface area contributed by atoms with Gasteiger partial charge in [-0.15, -0.1) is 0 Å². The van der Waals surface area contributed by atoms with Crippen LogP contribution in [0, 0.1) is 6.92 Å². The molecule has 17 heavy (non-hydrogen) atoms. The standard InChI is InChI=1S/C12H17N3O2/c1-8-4-5-9(12(14)17)7-10(8)15-11(16)3-2-6-13/h4-5,7H,2-3,6,13H2,1H3,(H2,14,17)(H,15,16). The number of carbonyl (C=O) groups excluding carboxylic acids is 2. The zero-order valence-electron chi connectivity index (χ0n) is 9.82. The average Bonchev–Trinajstić information content (AvgIpc) is 2.29. The van der Waals surface area contributed by atoms with E-state index in [2.05, 4.69) is 5.32 Å². The first-order valence-electron chi connectivity index (χ1n) is 5.45. The van der Waals surface area contributed by atoms with Crippen LogP contribution in [0.2, 0.25) is 0 Å². The molecule has 0 atom stereocenters. The second-order valence-electron chi connectivity index (χ2n) is 3.83. The molecule has 0 aliphatic carbocycles. The molecule has 92 valence electrons. The predicted octanol–water partition coefficient (Wildman–Crippen LogP) is 0.771. The monoisotopic (exact) mass is 235 g/mol. The maximum atomic E-state index is 11.5. The summed E-state index contributed by atoms with van der Waals surface area (Å²) in [4.78, 5) is 22.5. The van der Waals surface area contributed by atoms with Gasteiger partial charge in [0.1, 0.15) is 0 Å². The van der Waals surface area contributed by atoms with Crippen molar-refractivity contribution in [3.05, 3.63) is 29.3 Å². The summed E-state index contributed by atoms with van der Waals surface area (Å²) in [5, 5.41) is 2.74. The number of benzene rings is 1. The zero-order chi connectivity index (χ0) is 12.8. The van der Waals surface area contributed by atoms with E-state index in [0.717, 1.165) is 5.56 Å². The molecule has 0 heterocycles. The number of rotatable bonds is 5. The Balaban J connectivity index is 2.79. The van der Waals surface area contributed by atoms with Gasteiger partial charge < -0.3 is 16.8 Å². The molecule has 2 amide bonds. The highest BCUT2D eigenvalue weighted by Gasteiger charge is 2.07. The molecule has 0 aromatic heterocycles. The van der Waals surface area contributed by atoms with E-state index < -0.39 is 5.91 Å². The van der Waals surface area contributed by atoms with Crippen LogP contribution < -0.4 is 16.8 Å². The summed E-state index contributed by atoms with van der Waals surface area (Å²) in [5.74, 6) is -0.623. The van der Waals surface area contributed by atoms with Crippen LogP contribution in [0.4, 0.5) is 5.69 Å². The van der Waals surface area contributed by atoms with E-state index in [-0.39, 0.29) is 5.91 Å². The normalized spacial score (nSPS) is 10.0. The molecular formula is C12H17N3O2. The first kappa shape index (κ1) is 13.2. The van der Waals surface area contributed by atoms with Gasteiger partial charge in [-0.05, 0) is 37.6 Å². The number of nitrogens with two attached hydrogens (primary N) is 2. The Labute approximate surface area is 100 Å². The van der Waals surface area contributed by atoms with Crippen molar-refractivity contribution >= 4 is 17.5 Å². The number of anilines is 1. The van der Waals surface area contributed by atoms with Crippen LogP contribution in [-0.2, 0) is 4.79 Å².